The van der Waals surface area contributed by atoms with E-state index >= 15 is 0 Å². The monoisotopic (exact) mass is 404 g/mol. The van der Waals surface area contributed by atoms with Crippen molar-refractivity contribution in [2.75, 3.05) is 33.4 Å². The Labute approximate surface area is 172 Å². The van der Waals surface area contributed by atoms with Gasteiger partial charge in [0.25, 0.3) is 0 Å². The molecule has 3 amide bonds. The molecule has 0 bridgehead atoms. The number of benzene rings is 1. The van der Waals surface area contributed by atoms with Crippen LogP contribution in [0.1, 0.15) is 30.9 Å². The van der Waals surface area contributed by atoms with E-state index in [1.54, 1.807) is 7.05 Å². The summed E-state index contributed by atoms with van der Waals surface area (Å²) in [6, 6.07) is 7.45. The normalized spacial score (nSPS) is 10.1. The van der Waals surface area contributed by atoms with Crippen LogP contribution in [0.25, 0.3) is 0 Å². The number of nitrogens with one attached hydrogen (secondary N) is 4. The summed E-state index contributed by atoms with van der Waals surface area (Å²) < 4.78 is 5.33. The maximum Gasteiger partial charge on any atom is 0.246 e. The molecule has 1 rings (SSSR count). The van der Waals surface area contributed by atoms with Gasteiger partial charge < -0.3 is 26.0 Å². The summed E-state index contributed by atoms with van der Waals surface area (Å²) in [6.45, 7) is 7.66. The van der Waals surface area contributed by atoms with Crippen molar-refractivity contribution in [3.63, 3.8) is 0 Å². The molecule has 160 valence electrons. The van der Waals surface area contributed by atoms with E-state index in [9.17, 15) is 14.4 Å². The molecule has 0 aliphatic heterocycles. The summed E-state index contributed by atoms with van der Waals surface area (Å²) in [5.41, 5.74) is 2.72. The Balaban J connectivity index is 2.20. The standard InChI is InChI=1S/C21H32N4O4/c1-16(2)23-10-4-12-29-15-21(28)25-14-18-7-5-17(6-8-18)13-20(27)24-11-9-19(26)22-3/h5-8,23H,1,4,9-15H2,2-3H3,(H,22,26)(H,24,27)(H,25,28). The lowest BCUT2D eigenvalue weighted by Crippen LogP contribution is -2.30. The van der Waals surface area contributed by atoms with Gasteiger partial charge in [-0.15, -0.1) is 0 Å². The second kappa shape index (κ2) is 14.2. The van der Waals surface area contributed by atoms with E-state index in [0.29, 0.717) is 19.7 Å². The lowest BCUT2D eigenvalue weighted by atomic mass is 10.1. The second-order valence-electron chi connectivity index (χ2n) is 6.66. The minimum Gasteiger partial charge on any atom is -0.389 e. The number of amides is 3. The van der Waals surface area contributed by atoms with Gasteiger partial charge in [-0.05, 0) is 24.5 Å². The van der Waals surface area contributed by atoms with Crippen LogP contribution in [0, 0.1) is 0 Å². The zero-order valence-corrected chi connectivity index (χ0v) is 17.3. The van der Waals surface area contributed by atoms with E-state index < -0.39 is 0 Å². The Morgan fingerprint density at radius 1 is 0.931 bits per heavy atom. The average molecular weight is 405 g/mol. The highest BCUT2D eigenvalue weighted by molar-refractivity contribution is 5.80. The van der Waals surface area contributed by atoms with Gasteiger partial charge in [0.2, 0.25) is 17.7 Å². The van der Waals surface area contributed by atoms with Crippen molar-refractivity contribution in [2.24, 2.45) is 0 Å². The fourth-order valence-corrected chi connectivity index (χ4v) is 2.36. The molecule has 0 aliphatic rings. The van der Waals surface area contributed by atoms with Gasteiger partial charge in [-0.2, -0.15) is 0 Å². The summed E-state index contributed by atoms with van der Waals surface area (Å²) >= 11 is 0. The summed E-state index contributed by atoms with van der Waals surface area (Å²) in [6.07, 6.45) is 1.31. The third kappa shape index (κ3) is 12.2. The van der Waals surface area contributed by atoms with Crippen molar-refractivity contribution in [1.82, 2.24) is 21.3 Å². The summed E-state index contributed by atoms with van der Waals surface area (Å²) in [5.74, 6) is -0.412. The fraction of sp³-hybridized carbons (Fsp3) is 0.476. The molecular weight excluding hydrogens is 372 g/mol. The van der Waals surface area contributed by atoms with Gasteiger partial charge >= 0.3 is 0 Å². The topological polar surface area (TPSA) is 109 Å². The van der Waals surface area contributed by atoms with Gasteiger partial charge in [-0.1, -0.05) is 30.8 Å². The predicted octanol–water partition coefficient (Wildman–Crippen LogP) is 0.628. The number of carbonyl (C=O) groups is 3. The zero-order chi connectivity index (χ0) is 21.5. The highest BCUT2D eigenvalue weighted by Crippen LogP contribution is 2.05. The van der Waals surface area contributed by atoms with Crippen molar-refractivity contribution in [1.29, 1.82) is 0 Å². The van der Waals surface area contributed by atoms with E-state index in [1.807, 2.05) is 31.2 Å². The third-order valence-electron chi connectivity index (χ3n) is 3.96. The molecule has 0 saturated heterocycles. The minimum absolute atomic E-state index is 0.0291. The number of hydrogen-bond acceptors (Lipinski definition) is 5. The zero-order valence-electron chi connectivity index (χ0n) is 17.3. The quantitative estimate of drug-likeness (QED) is 0.340. The Bertz CT molecular complexity index is 674. The van der Waals surface area contributed by atoms with E-state index in [-0.39, 0.29) is 37.2 Å². The lowest BCUT2D eigenvalue weighted by Gasteiger charge is -2.08. The Morgan fingerprint density at radius 3 is 2.28 bits per heavy atom. The van der Waals surface area contributed by atoms with Crippen LogP contribution in [0.2, 0.25) is 0 Å². The molecule has 29 heavy (non-hydrogen) atoms. The van der Waals surface area contributed by atoms with Crippen LogP contribution in [0.5, 0.6) is 0 Å². The fourth-order valence-electron chi connectivity index (χ4n) is 2.36. The molecule has 8 nitrogen and oxygen atoms in total. The average Bonchev–Trinajstić information content (AvgIpc) is 2.69. The van der Waals surface area contributed by atoms with Crippen LogP contribution in [0.4, 0.5) is 0 Å². The molecule has 0 atom stereocenters. The molecule has 0 unspecified atom stereocenters. The highest BCUT2D eigenvalue weighted by atomic mass is 16.5. The molecule has 0 saturated carbocycles. The van der Waals surface area contributed by atoms with Crippen LogP contribution in [-0.4, -0.2) is 51.1 Å². The predicted molar refractivity (Wildman–Crippen MR) is 112 cm³/mol. The molecule has 0 fully saturated rings. The molecule has 0 spiro atoms. The second-order valence-corrected chi connectivity index (χ2v) is 6.66. The first kappa shape index (κ1) is 24.2. The summed E-state index contributed by atoms with van der Waals surface area (Å²) in [4.78, 5) is 34.8. The molecule has 0 heterocycles. The number of ether oxygens (including phenoxy) is 1. The molecule has 0 aromatic heterocycles. The largest absolute Gasteiger partial charge is 0.389 e. The molecular formula is C21H32N4O4. The minimum atomic E-state index is -0.169. The van der Waals surface area contributed by atoms with E-state index in [2.05, 4.69) is 27.8 Å². The summed E-state index contributed by atoms with van der Waals surface area (Å²) in [5, 5.41) is 11.1. The van der Waals surface area contributed by atoms with Crippen molar-refractivity contribution >= 4 is 17.7 Å². The number of carbonyl (C=O) groups excluding carboxylic acids is 3. The Hall–Kier alpha value is -2.87. The van der Waals surface area contributed by atoms with Gasteiger partial charge in [0.1, 0.15) is 6.61 Å². The van der Waals surface area contributed by atoms with Gasteiger partial charge in [0, 0.05) is 45.4 Å². The van der Waals surface area contributed by atoms with Crippen LogP contribution in [0.3, 0.4) is 0 Å². The lowest BCUT2D eigenvalue weighted by molar-refractivity contribution is -0.126. The van der Waals surface area contributed by atoms with E-state index in [1.165, 1.54) is 0 Å². The SMILES string of the molecule is C=C(C)NCCCOCC(=O)NCc1ccc(CC(=O)NCCC(=O)NC)cc1. The maximum atomic E-state index is 11.9. The van der Waals surface area contributed by atoms with Gasteiger partial charge in [-0.3, -0.25) is 14.4 Å². The number of rotatable bonds is 14. The van der Waals surface area contributed by atoms with Crippen molar-refractivity contribution in [2.45, 2.75) is 32.7 Å². The van der Waals surface area contributed by atoms with Gasteiger partial charge in [0.05, 0.1) is 6.42 Å². The van der Waals surface area contributed by atoms with Crippen LogP contribution in [0.15, 0.2) is 36.5 Å². The molecule has 1 aromatic rings. The first-order chi connectivity index (χ1) is 13.9. The molecule has 8 heteroatoms. The molecule has 0 aliphatic carbocycles. The molecule has 4 N–H and O–H groups in total. The smallest absolute Gasteiger partial charge is 0.246 e. The third-order valence-corrected chi connectivity index (χ3v) is 3.96. The van der Waals surface area contributed by atoms with Crippen LogP contribution in [-0.2, 0) is 32.1 Å². The molecule has 1 aromatic carbocycles. The Morgan fingerprint density at radius 2 is 1.62 bits per heavy atom. The Kier molecular flexibility index (Phi) is 11.8. The first-order valence-corrected chi connectivity index (χ1v) is 9.69. The maximum absolute atomic E-state index is 11.9. The number of allylic oxidation sites excluding steroid dienone is 1. The van der Waals surface area contributed by atoms with Crippen molar-refractivity contribution in [3.05, 3.63) is 47.7 Å². The number of hydrogen-bond donors (Lipinski definition) is 4. The summed E-state index contributed by atoms with van der Waals surface area (Å²) in [7, 11) is 1.56. The van der Waals surface area contributed by atoms with Crippen LogP contribution >= 0.6 is 0 Å². The van der Waals surface area contributed by atoms with Gasteiger partial charge in [-0.25, -0.2) is 0 Å². The first-order valence-electron chi connectivity index (χ1n) is 9.69. The van der Waals surface area contributed by atoms with E-state index in [4.69, 9.17) is 4.74 Å². The van der Waals surface area contributed by atoms with Crippen molar-refractivity contribution in [3.8, 4) is 0 Å². The van der Waals surface area contributed by atoms with Crippen LogP contribution < -0.4 is 21.3 Å². The highest BCUT2D eigenvalue weighted by Gasteiger charge is 2.06. The molecule has 0 radical (unpaired) electrons. The van der Waals surface area contributed by atoms with Gasteiger partial charge in [0.15, 0.2) is 0 Å². The van der Waals surface area contributed by atoms with E-state index in [0.717, 1.165) is 29.8 Å². The van der Waals surface area contributed by atoms with Crippen molar-refractivity contribution < 1.29 is 19.1 Å².